The van der Waals surface area contributed by atoms with Crippen LogP contribution in [0, 0.1) is 0 Å². The summed E-state index contributed by atoms with van der Waals surface area (Å²) in [6.45, 7) is 0. The van der Waals surface area contributed by atoms with Crippen LogP contribution in [0.3, 0.4) is 0 Å². The minimum Gasteiger partial charge on any atom is -0.397 e. The van der Waals surface area contributed by atoms with Gasteiger partial charge in [-0.2, -0.15) is 0 Å². The quantitative estimate of drug-likeness (QED) is 0.877. The first-order valence-electron chi connectivity index (χ1n) is 5.57. The number of carbonyl (C=O) groups excluding carboxylic acids is 1. The number of pyridine rings is 1. The number of thiophene rings is 1. The van der Waals surface area contributed by atoms with Gasteiger partial charge in [0.05, 0.1) is 23.0 Å². The number of fused-ring (bicyclic) bond motifs is 1. The normalized spacial score (nSPS) is 11.6. The summed E-state index contributed by atoms with van der Waals surface area (Å²) in [6, 6.07) is 1.51. The number of rotatable bonds is 3. The molecular formula is C11H14N4O3S2. The van der Waals surface area contributed by atoms with Gasteiger partial charge in [0, 0.05) is 20.3 Å². The number of aromatic nitrogens is 1. The number of nitrogens with two attached hydrogens (primary N) is 1. The monoisotopic (exact) mass is 314 g/mol. The van der Waals surface area contributed by atoms with Gasteiger partial charge in [-0.15, -0.1) is 11.3 Å². The molecule has 0 spiro atoms. The molecule has 0 bridgehead atoms. The van der Waals surface area contributed by atoms with Crippen molar-refractivity contribution in [2.75, 3.05) is 30.8 Å². The van der Waals surface area contributed by atoms with Crippen molar-refractivity contribution in [2.24, 2.45) is 0 Å². The van der Waals surface area contributed by atoms with E-state index in [4.69, 9.17) is 5.73 Å². The number of carbonyl (C=O) groups is 1. The van der Waals surface area contributed by atoms with Gasteiger partial charge < -0.3 is 10.6 Å². The minimum absolute atomic E-state index is 0.239. The zero-order valence-electron chi connectivity index (χ0n) is 11.2. The first kappa shape index (κ1) is 14.5. The number of nitrogen functional groups attached to an aromatic ring is 1. The molecule has 2 aromatic rings. The maximum atomic E-state index is 12.0. The second-order valence-electron chi connectivity index (χ2n) is 4.46. The van der Waals surface area contributed by atoms with Crippen LogP contribution in [0.1, 0.15) is 9.67 Å². The molecule has 0 unspecified atom stereocenters. The van der Waals surface area contributed by atoms with Gasteiger partial charge in [0.1, 0.15) is 9.71 Å². The Morgan fingerprint density at radius 3 is 2.65 bits per heavy atom. The molecule has 0 saturated heterocycles. The molecule has 0 atom stereocenters. The standard InChI is InChI=1S/C11H14N4O3S2/c1-15(2)11(16)9-8(12)7-6(14-20(3,17)18)4-5-13-10(7)19-9/h4-5H,12H2,1-3H3,(H,13,14). The Morgan fingerprint density at radius 2 is 2.10 bits per heavy atom. The molecule has 2 aromatic heterocycles. The summed E-state index contributed by atoms with van der Waals surface area (Å²) in [7, 11) is -0.196. The predicted molar refractivity (Wildman–Crippen MR) is 80.5 cm³/mol. The van der Waals surface area contributed by atoms with Crippen molar-refractivity contribution in [3.8, 4) is 0 Å². The van der Waals surface area contributed by atoms with Crippen LogP contribution in [0.25, 0.3) is 10.2 Å². The Kier molecular flexibility index (Phi) is 3.57. The van der Waals surface area contributed by atoms with E-state index in [0.29, 0.717) is 20.8 Å². The summed E-state index contributed by atoms with van der Waals surface area (Å²) in [5.74, 6) is -0.240. The van der Waals surface area contributed by atoms with E-state index in [0.717, 1.165) is 17.6 Å². The molecule has 9 heteroatoms. The third kappa shape index (κ3) is 2.68. The molecule has 0 fully saturated rings. The summed E-state index contributed by atoms with van der Waals surface area (Å²) in [4.78, 5) is 18.4. The summed E-state index contributed by atoms with van der Waals surface area (Å²) >= 11 is 1.14. The third-order valence-electron chi connectivity index (χ3n) is 2.52. The van der Waals surface area contributed by atoms with Crippen LogP contribution < -0.4 is 10.5 Å². The van der Waals surface area contributed by atoms with E-state index in [-0.39, 0.29) is 11.6 Å². The van der Waals surface area contributed by atoms with Crippen LogP contribution in [0.5, 0.6) is 0 Å². The molecule has 0 aliphatic heterocycles. The third-order valence-corrected chi connectivity index (χ3v) is 4.22. The molecule has 108 valence electrons. The van der Waals surface area contributed by atoms with E-state index in [2.05, 4.69) is 9.71 Å². The fourth-order valence-corrected chi connectivity index (χ4v) is 3.37. The number of anilines is 2. The second kappa shape index (κ2) is 4.91. The van der Waals surface area contributed by atoms with Crippen LogP contribution in [0.15, 0.2) is 12.3 Å². The van der Waals surface area contributed by atoms with Crippen molar-refractivity contribution in [1.29, 1.82) is 0 Å². The molecule has 0 saturated carbocycles. The minimum atomic E-state index is -3.44. The lowest BCUT2D eigenvalue weighted by molar-refractivity contribution is 0.0833. The van der Waals surface area contributed by atoms with Gasteiger partial charge in [-0.05, 0) is 6.07 Å². The fourth-order valence-electron chi connectivity index (χ4n) is 1.69. The smallest absolute Gasteiger partial charge is 0.265 e. The second-order valence-corrected chi connectivity index (χ2v) is 7.20. The average Bonchev–Trinajstić information content (AvgIpc) is 2.65. The Bertz CT molecular complexity index is 780. The first-order valence-corrected chi connectivity index (χ1v) is 8.28. The van der Waals surface area contributed by atoms with Crippen molar-refractivity contribution < 1.29 is 13.2 Å². The molecule has 2 rings (SSSR count). The van der Waals surface area contributed by atoms with Crippen molar-refractivity contribution in [3.63, 3.8) is 0 Å². The van der Waals surface area contributed by atoms with Gasteiger partial charge in [0.15, 0.2) is 0 Å². The van der Waals surface area contributed by atoms with E-state index in [1.54, 1.807) is 14.1 Å². The number of nitrogens with one attached hydrogen (secondary N) is 1. The molecule has 0 aliphatic rings. The molecule has 20 heavy (non-hydrogen) atoms. The maximum absolute atomic E-state index is 12.0. The average molecular weight is 314 g/mol. The Labute approximate surface area is 120 Å². The van der Waals surface area contributed by atoms with Crippen LogP contribution in [0.4, 0.5) is 11.4 Å². The topological polar surface area (TPSA) is 105 Å². The molecule has 0 aliphatic carbocycles. The SMILES string of the molecule is CN(C)C(=O)c1sc2nccc(NS(C)(=O)=O)c2c1N. The van der Waals surface area contributed by atoms with E-state index < -0.39 is 10.0 Å². The van der Waals surface area contributed by atoms with Gasteiger partial charge in [-0.3, -0.25) is 9.52 Å². The van der Waals surface area contributed by atoms with Gasteiger partial charge in [0.2, 0.25) is 10.0 Å². The summed E-state index contributed by atoms with van der Waals surface area (Å²) < 4.78 is 25.1. The lowest BCUT2D eigenvalue weighted by Gasteiger charge is -2.09. The highest BCUT2D eigenvalue weighted by Gasteiger charge is 2.21. The number of nitrogens with zero attached hydrogens (tertiary/aromatic N) is 2. The van der Waals surface area contributed by atoms with Crippen LogP contribution in [-0.2, 0) is 10.0 Å². The van der Waals surface area contributed by atoms with Crippen LogP contribution in [-0.4, -0.2) is 44.6 Å². The molecule has 0 aromatic carbocycles. The summed E-state index contributed by atoms with van der Waals surface area (Å²) in [5.41, 5.74) is 6.55. The lowest BCUT2D eigenvalue weighted by Crippen LogP contribution is -2.21. The van der Waals surface area contributed by atoms with E-state index >= 15 is 0 Å². The van der Waals surface area contributed by atoms with Crippen molar-refractivity contribution in [3.05, 3.63) is 17.1 Å². The molecular weight excluding hydrogens is 300 g/mol. The number of hydrogen-bond acceptors (Lipinski definition) is 6. The van der Waals surface area contributed by atoms with Gasteiger partial charge in [0.25, 0.3) is 5.91 Å². The number of hydrogen-bond donors (Lipinski definition) is 2. The number of amides is 1. The highest BCUT2D eigenvalue weighted by atomic mass is 32.2. The van der Waals surface area contributed by atoms with Crippen molar-refractivity contribution in [1.82, 2.24) is 9.88 Å². The largest absolute Gasteiger partial charge is 0.397 e. The van der Waals surface area contributed by atoms with E-state index in [1.807, 2.05) is 0 Å². The summed E-state index contributed by atoms with van der Waals surface area (Å²) in [5, 5.41) is 0.452. The number of sulfonamides is 1. The predicted octanol–water partition coefficient (Wildman–Crippen LogP) is 0.952. The Morgan fingerprint density at radius 1 is 1.45 bits per heavy atom. The highest BCUT2D eigenvalue weighted by Crippen LogP contribution is 2.37. The Hall–Kier alpha value is -1.87. The van der Waals surface area contributed by atoms with Gasteiger partial charge >= 0.3 is 0 Å². The van der Waals surface area contributed by atoms with Crippen LogP contribution in [0.2, 0.25) is 0 Å². The molecule has 0 radical (unpaired) electrons. The maximum Gasteiger partial charge on any atom is 0.265 e. The van der Waals surface area contributed by atoms with Crippen molar-refractivity contribution >= 4 is 48.9 Å². The van der Waals surface area contributed by atoms with Crippen molar-refractivity contribution in [2.45, 2.75) is 0 Å². The van der Waals surface area contributed by atoms with E-state index in [1.165, 1.54) is 17.2 Å². The zero-order valence-corrected chi connectivity index (χ0v) is 12.8. The highest BCUT2D eigenvalue weighted by molar-refractivity contribution is 7.92. The Balaban J connectivity index is 2.67. The fraction of sp³-hybridized carbons (Fsp3) is 0.273. The van der Waals surface area contributed by atoms with E-state index in [9.17, 15) is 13.2 Å². The van der Waals surface area contributed by atoms with Gasteiger partial charge in [-0.1, -0.05) is 0 Å². The lowest BCUT2D eigenvalue weighted by atomic mass is 10.2. The molecule has 7 nitrogen and oxygen atoms in total. The zero-order chi connectivity index (χ0) is 15.1. The summed E-state index contributed by atoms with van der Waals surface area (Å²) in [6.07, 6.45) is 2.52. The first-order chi connectivity index (χ1) is 9.20. The molecule has 1 amide bonds. The van der Waals surface area contributed by atoms with Crippen LogP contribution >= 0.6 is 11.3 Å². The molecule has 2 heterocycles. The molecule has 3 N–H and O–H groups in total. The van der Waals surface area contributed by atoms with Gasteiger partial charge in [-0.25, -0.2) is 13.4 Å².